The van der Waals surface area contributed by atoms with E-state index < -0.39 is 0 Å². The van der Waals surface area contributed by atoms with E-state index in [1.807, 2.05) is 43.3 Å². The van der Waals surface area contributed by atoms with E-state index in [0.717, 1.165) is 16.6 Å². The number of rotatable bonds is 3. The molecule has 1 aromatic carbocycles. The van der Waals surface area contributed by atoms with Crippen molar-refractivity contribution in [3.63, 3.8) is 0 Å². The fourth-order valence-corrected chi connectivity index (χ4v) is 2.10. The molecule has 0 atom stereocenters. The summed E-state index contributed by atoms with van der Waals surface area (Å²) in [6.07, 6.45) is 1.57. The highest BCUT2D eigenvalue weighted by Crippen LogP contribution is 2.21. The first-order chi connectivity index (χ1) is 10.3. The normalized spacial score (nSPS) is 10.3. The molecule has 0 aliphatic carbocycles. The van der Waals surface area contributed by atoms with E-state index >= 15 is 0 Å². The molecule has 0 aliphatic rings. The van der Waals surface area contributed by atoms with Crippen molar-refractivity contribution in [2.45, 2.75) is 13.5 Å². The monoisotopic (exact) mass is 275 g/mol. The first-order valence-corrected chi connectivity index (χ1v) is 6.61. The number of pyridine rings is 2. The van der Waals surface area contributed by atoms with Gasteiger partial charge >= 0.3 is 0 Å². The Hall–Kier alpha value is -2.93. The largest absolute Gasteiger partial charge is 0.473 e. The van der Waals surface area contributed by atoms with Crippen molar-refractivity contribution in [3.8, 4) is 11.9 Å². The maximum absolute atomic E-state index is 9.05. The first-order valence-electron chi connectivity index (χ1n) is 6.61. The minimum atomic E-state index is 0.462. The van der Waals surface area contributed by atoms with Gasteiger partial charge in [-0.1, -0.05) is 30.3 Å². The van der Waals surface area contributed by atoms with Crippen molar-refractivity contribution in [2.75, 3.05) is 0 Å². The molecule has 0 saturated carbocycles. The molecule has 0 fully saturated rings. The third-order valence-corrected chi connectivity index (χ3v) is 3.29. The SMILES string of the molecule is Cc1c(C#N)cnc2ccc(OCc3ccccc3)nc12. The summed E-state index contributed by atoms with van der Waals surface area (Å²) in [4.78, 5) is 8.69. The lowest BCUT2D eigenvalue weighted by Gasteiger charge is -2.08. The average Bonchev–Trinajstić information content (AvgIpc) is 2.54. The Morgan fingerprint density at radius 3 is 2.71 bits per heavy atom. The van der Waals surface area contributed by atoms with Gasteiger partial charge in [-0.2, -0.15) is 5.26 Å². The summed E-state index contributed by atoms with van der Waals surface area (Å²) in [6.45, 7) is 2.33. The zero-order valence-electron chi connectivity index (χ0n) is 11.6. The van der Waals surface area contributed by atoms with Crippen LogP contribution in [0.3, 0.4) is 0 Å². The van der Waals surface area contributed by atoms with Crippen LogP contribution in [-0.2, 0) is 6.61 Å². The van der Waals surface area contributed by atoms with E-state index in [2.05, 4.69) is 16.0 Å². The molecule has 0 spiro atoms. The number of fused-ring (bicyclic) bond motifs is 1. The fourth-order valence-electron chi connectivity index (χ4n) is 2.10. The molecule has 4 heteroatoms. The second-order valence-corrected chi connectivity index (χ2v) is 4.70. The van der Waals surface area contributed by atoms with Gasteiger partial charge in [0.2, 0.25) is 5.88 Å². The molecule has 3 rings (SSSR count). The second kappa shape index (κ2) is 5.59. The number of nitrogens with zero attached hydrogens (tertiary/aromatic N) is 3. The summed E-state index contributed by atoms with van der Waals surface area (Å²) in [5.41, 5.74) is 3.92. The molecule has 0 bridgehead atoms. The summed E-state index contributed by atoms with van der Waals surface area (Å²) in [7, 11) is 0. The van der Waals surface area contributed by atoms with Gasteiger partial charge in [0.15, 0.2) is 0 Å². The number of hydrogen-bond donors (Lipinski definition) is 0. The summed E-state index contributed by atoms with van der Waals surface area (Å²) in [5.74, 6) is 0.534. The highest BCUT2D eigenvalue weighted by molar-refractivity contribution is 5.80. The molecular formula is C17H13N3O. The summed E-state index contributed by atoms with van der Waals surface area (Å²) >= 11 is 0. The van der Waals surface area contributed by atoms with Gasteiger partial charge in [-0.05, 0) is 24.1 Å². The second-order valence-electron chi connectivity index (χ2n) is 4.70. The molecule has 0 saturated heterocycles. The van der Waals surface area contributed by atoms with Crippen LogP contribution in [0, 0.1) is 18.3 Å². The van der Waals surface area contributed by atoms with E-state index in [0.29, 0.717) is 23.6 Å². The lowest BCUT2D eigenvalue weighted by atomic mass is 10.1. The van der Waals surface area contributed by atoms with Crippen molar-refractivity contribution in [1.29, 1.82) is 5.26 Å². The van der Waals surface area contributed by atoms with Crippen LogP contribution in [0.4, 0.5) is 0 Å². The van der Waals surface area contributed by atoms with Gasteiger partial charge in [0.05, 0.1) is 16.6 Å². The van der Waals surface area contributed by atoms with Crippen LogP contribution in [-0.4, -0.2) is 9.97 Å². The van der Waals surface area contributed by atoms with Gasteiger partial charge in [-0.3, -0.25) is 4.98 Å². The van der Waals surface area contributed by atoms with Crippen molar-refractivity contribution >= 4 is 11.0 Å². The Labute approximate surface area is 122 Å². The van der Waals surface area contributed by atoms with Crippen LogP contribution in [0.2, 0.25) is 0 Å². The third-order valence-electron chi connectivity index (χ3n) is 3.29. The van der Waals surface area contributed by atoms with Crippen LogP contribution < -0.4 is 4.74 Å². The number of nitriles is 1. The van der Waals surface area contributed by atoms with Gasteiger partial charge in [-0.25, -0.2) is 4.98 Å². The average molecular weight is 275 g/mol. The predicted molar refractivity (Wildman–Crippen MR) is 79.8 cm³/mol. The van der Waals surface area contributed by atoms with Crippen molar-refractivity contribution < 1.29 is 4.74 Å². The lowest BCUT2D eigenvalue weighted by Crippen LogP contribution is -1.98. The third kappa shape index (κ3) is 2.67. The van der Waals surface area contributed by atoms with Crippen LogP contribution in [0.25, 0.3) is 11.0 Å². The molecule has 102 valence electrons. The standard InChI is InChI=1S/C17H13N3O/c1-12-14(9-18)10-19-15-7-8-16(20-17(12)15)21-11-13-5-3-2-4-6-13/h2-8,10H,11H2,1H3. The molecule has 2 aromatic heterocycles. The maximum Gasteiger partial charge on any atom is 0.214 e. The quantitative estimate of drug-likeness (QED) is 0.735. The number of hydrogen-bond acceptors (Lipinski definition) is 4. The van der Waals surface area contributed by atoms with Gasteiger partial charge in [-0.15, -0.1) is 0 Å². The van der Waals surface area contributed by atoms with Crippen molar-refractivity contribution in [1.82, 2.24) is 9.97 Å². The zero-order valence-corrected chi connectivity index (χ0v) is 11.6. The Morgan fingerprint density at radius 2 is 1.95 bits per heavy atom. The van der Waals surface area contributed by atoms with Crippen LogP contribution in [0.1, 0.15) is 16.7 Å². The van der Waals surface area contributed by atoms with Crippen molar-refractivity contribution in [2.24, 2.45) is 0 Å². The minimum absolute atomic E-state index is 0.462. The van der Waals surface area contributed by atoms with E-state index in [9.17, 15) is 0 Å². The van der Waals surface area contributed by atoms with Crippen LogP contribution in [0.5, 0.6) is 5.88 Å². The predicted octanol–water partition coefficient (Wildman–Crippen LogP) is 3.39. The fraction of sp³-hybridized carbons (Fsp3) is 0.118. The Kier molecular flexibility index (Phi) is 3.48. The Balaban J connectivity index is 1.90. The number of aromatic nitrogens is 2. The molecule has 0 radical (unpaired) electrons. The highest BCUT2D eigenvalue weighted by Gasteiger charge is 2.07. The molecule has 21 heavy (non-hydrogen) atoms. The maximum atomic E-state index is 9.05. The van der Waals surface area contributed by atoms with Gasteiger partial charge < -0.3 is 4.74 Å². The van der Waals surface area contributed by atoms with E-state index in [1.54, 1.807) is 12.3 Å². The molecular weight excluding hydrogens is 262 g/mol. The molecule has 0 N–H and O–H groups in total. The lowest BCUT2D eigenvalue weighted by molar-refractivity contribution is 0.295. The topological polar surface area (TPSA) is 58.8 Å². The van der Waals surface area contributed by atoms with Crippen LogP contribution in [0.15, 0.2) is 48.7 Å². The molecule has 0 amide bonds. The number of ether oxygens (including phenoxy) is 1. The highest BCUT2D eigenvalue weighted by atomic mass is 16.5. The first kappa shape index (κ1) is 13.1. The van der Waals surface area contributed by atoms with Gasteiger partial charge in [0.1, 0.15) is 12.7 Å². The minimum Gasteiger partial charge on any atom is -0.473 e. The van der Waals surface area contributed by atoms with Crippen molar-refractivity contribution in [3.05, 3.63) is 65.4 Å². The summed E-state index contributed by atoms with van der Waals surface area (Å²) in [5, 5.41) is 9.05. The molecule has 4 nitrogen and oxygen atoms in total. The molecule has 0 unspecified atom stereocenters. The van der Waals surface area contributed by atoms with E-state index in [4.69, 9.17) is 10.00 Å². The van der Waals surface area contributed by atoms with E-state index in [-0.39, 0.29) is 0 Å². The number of aryl methyl sites for hydroxylation is 1. The smallest absolute Gasteiger partial charge is 0.214 e. The van der Waals surface area contributed by atoms with E-state index in [1.165, 1.54) is 0 Å². The van der Waals surface area contributed by atoms with Gasteiger partial charge in [0.25, 0.3) is 0 Å². The zero-order chi connectivity index (χ0) is 14.7. The van der Waals surface area contributed by atoms with Crippen LogP contribution >= 0.6 is 0 Å². The molecule has 3 aromatic rings. The molecule has 2 heterocycles. The summed E-state index contributed by atoms with van der Waals surface area (Å²) in [6, 6.07) is 15.7. The summed E-state index contributed by atoms with van der Waals surface area (Å²) < 4.78 is 5.71. The van der Waals surface area contributed by atoms with Gasteiger partial charge in [0, 0.05) is 12.3 Å². The molecule has 0 aliphatic heterocycles. The Morgan fingerprint density at radius 1 is 1.14 bits per heavy atom. The number of benzene rings is 1. The Bertz CT molecular complexity index is 823.